The van der Waals surface area contributed by atoms with E-state index in [1.165, 1.54) is 31.0 Å². The Balaban J connectivity index is 2.09. The van der Waals surface area contributed by atoms with Gasteiger partial charge in [-0.25, -0.2) is 14.6 Å². The second kappa shape index (κ2) is 6.45. The maximum Gasteiger partial charge on any atom is 0.407 e. The van der Waals surface area contributed by atoms with Gasteiger partial charge in [0, 0.05) is 30.3 Å². The second-order valence-electron chi connectivity index (χ2n) is 5.63. The van der Waals surface area contributed by atoms with Gasteiger partial charge in [0.1, 0.15) is 5.15 Å². The number of alkyl carbamates (subject to hydrolysis) is 1. The number of pyridine rings is 1. The molecule has 1 N–H and O–H groups in total. The summed E-state index contributed by atoms with van der Waals surface area (Å²) in [7, 11) is 2.77. The van der Waals surface area contributed by atoms with Gasteiger partial charge in [0.15, 0.2) is 0 Å². The Bertz CT molecular complexity index is 926. The fourth-order valence-electron chi connectivity index (χ4n) is 3.25. The minimum absolute atomic E-state index is 0.143. The largest absolute Gasteiger partial charge is 0.453 e. The van der Waals surface area contributed by atoms with E-state index in [2.05, 4.69) is 15.0 Å². The van der Waals surface area contributed by atoms with Crippen LogP contribution in [0, 0.1) is 0 Å². The summed E-state index contributed by atoms with van der Waals surface area (Å²) in [4.78, 5) is 28.4. The van der Waals surface area contributed by atoms with E-state index < -0.39 is 24.8 Å². The van der Waals surface area contributed by atoms with Crippen LogP contribution in [0.15, 0.2) is 17.1 Å². The van der Waals surface area contributed by atoms with Crippen LogP contribution in [0.25, 0.3) is 11.0 Å². The molecule has 9 heteroatoms. The molecule has 1 aliphatic rings. The van der Waals surface area contributed by atoms with E-state index in [1.54, 1.807) is 0 Å². The second-order valence-corrected chi connectivity index (χ2v) is 6.01. The van der Waals surface area contributed by atoms with Gasteiger partial charge >= 0.3 is 11.8 Å². The number of amides is 1. The SMILES string of the molecule is [2H]C([2H])([2H])n1c(=O)n([C@H]2C[C@H](NC(=O)OC)[C@@H](OC)C2)c2cc(Cl)ncc21. The van der Waals surface area contributed by atoms with Crippen LogP contribution in [0.1, 0.15) is 23.0 Å². The lowest BCUT2D eigenvalue weighted by Gasteiger charge is -2.18. The molecule has 1 saturated carbocycles. The predicted octanol–water partition coefficient (Wildman–Crippen LogP) is 1.46. The minimum atomic E-state index is -2.67. The monoisotopic (exact) mass is 357 g/mol. The van der Waals surface area contributed by atoms with Crippen LogP contribution in [0.4, 0.5) is 4.79 Å². The zero-order chi connectivity index (χ0) is 19.9. The number of nitrogens with zero attached hydrogens (tertiary/aromatic N) is 3. The number of aryl methyl sites for hydroxylation is 1. The average molecular weight is 358 g/mol. The van der Waals surface area contributed by atoms with E-state index in [0.717, 1.165) is 4.57 Å². The van der Waals surface area contributed by atoms with Crippen molar-refractivity contribution in [1.82, 2.24) is 19.4 Å². The van der Waals surface area contributed by atoms with Gasteiger partial charge in [0.2, 0.25) is 0 Å². The first kappa shape index (κ1) is 13.3. The van der Waals surface area contributed by atoms with Crippen LogP contribution in [0.3, 0.4) is 0 Å². The van der Waals surface area contributed by atoms with Gasteiger partial charge in [-0.15, -0.1) is 0 Å². The molecule has 2 aromatic heterocycles. The Morgan fingerprint density at radius 2 is 2.25 bits per heavy atom. The summed E-state index contributed by atoms with van der Waals surface area (Å²) >= 11 is 5.97. The number of nitrogens with one attached hydrogen (secondary N) is 1. The molecule has 24 heavy (non-hydrogen) atoms. The van der Waals surface area contributed by atoms with Crippen molar-refractivity contribution >= 4 is 28.7 Å². The average Bonchev–Trinajstić information content (AvgIpc) is 3.11. The summed E-state index contributed by atoms with van der Waals surface area (Å²) in [6.07, 6.45) is 1.09. The third-order valence-electron chi connectivity index (χ3n) is 4.36. The van der Waals surface area contributed by atoms with Gasteiger partial charge in [-0.2, -0.15) is 0 Å². The van der Waals surface area contributed by atoms with Crippen molar-refractivity contribution in [1.29, 1.82) is 0 Å². The molecule has 130 valence electrons. The van der Waals surface area contributed by atoms with Gasteiger partial charge in [0.25, 0.3) is 0 Å². The van der Waals surface area contributed by atoms with Crippen LogP contribution in [0.2, 0.25) is 5.15 Å². The quantitative estimate of drug-likeness (QED) is 0.840. The first-order valence-electron chi connectivity index (χ1n) is 8.83. The lowest BCUT2D eigenvalue weighted by atomic mass is 10.2. The standard InChI is InChI=1S/C15H19ClN4O4/c1-19-11-7-17-13(16)6-10(11)20(15(19)22)8-4-9(12(5-8)23-2)18-14(21)24-3/h6-9,12H,4-5H2,1-3H3,(H,18,21)/t8-,9-,12-/m0/s1/i1D3. The van der Waals surface area contributed by atoms with E-state index in [9.17, 15) is 9.59 Å². The molecule has 2 heterocycles. The summed E-state index contributed by atoms with van der Waals surface area (Å²) in [5.41, 5.74) is -0.148. The number of hydrogen-bond donors (Lipinski definition) is 1. The molecule has 0 radical (unpaired) electrons. The first-order valence-corrected chi connectivity index (χ1v) is 7.71. The maximum absolute atomic E-state index is 13.0. The van der Waals surface area contributed by atoms with Crippen LogP contribution in [-0.4, -0.2) is 46.6 Å². The molecule has 1 amide bonds. The lowest BCUT2D eigenvalue weighted by molar-refractivity contribution is 0.0799. The first-order chi connectivity index (χ1) is 12.7. The molecule has 1 aliphatic carbocycles. The molecule has 0 bridgehead atoms. The topological polar surface area (TPSA) is 87.4 Å². The molecule has 3 atom stereocenters. The highest BCUT2D eigenvalue weighted by molar-refractivity contribution is 6.29. The number of fused-ring (bicyclic) bond motifs is 1. The molecule has 0 unspecified atom stereocenters. The molecule has 1 fully saturated rings. The fourth-order valence-corrected chi connectivity index (χ4v) is 3.40. The lowest BCUT2D eigenvalue weighted by Crippen LogP contribution is -2.40. The van der Waals surface area contributed by atoms with E-state index in [1.807, 2.05) is 0 Å². The zero-order valence-electron chi connectivity index (χ0n) is 16.2. The van der Waals surface area contributed by atoms with Crippen LogP contribution >= 0.6 is 11.6 Å². The number of rotatable bonds is 3. The number of ether oxygens (including phenoxy) is 2. The number of imidazole rings is 1. The Hall–Kier alpha value is -2.06. The normalized spacial score (nSPS) is 26.0. The van der Waals surface area contributed by atoms with Gasteiger partial charge < -0.3 is 14.8 Å². The molecule has 0 saturated heterocycles. The van der Waals surface area contributed by atoms with Crippen molar-refractivity contribution in [3.8, 4) is 0 Å². The summed E-state index contributed by atoms with van der Waals surface area (Å²) in [5, 5.41) is 2.83. The van der Waals surface area contributed by atoms with E-state index in [4.69, 9.17) is 20.5 Å². The third-order valence-corrected chi connectivity index (χ3v) is 4.57. The van der Waals surface area contributed by atoms with Crippen molar-refractivity contribution in [3.63, 3.8) is 0 Å². The van der Waals surface area contributed by atoms with Crippen LogP contribution in [0.5, 0.6) is 0 Å². The van der Waals surface area contributed by atoms with Gasteiger partial charge in [0.05, 0.1) is 36.5 Å². The number of aromatic nitrogens is 3. The maximum atomic E-state index is 13.0. The predicted molar refractivity (Wildman–Crippen MR) is 88.4 cm³/mol. The van der Waals surface area contributed by atoms with Crippen molar-refractivity contribution in [2.24, 2.45) is 6.98 Å². The molecule has 0 aliphatic heterocycles. The molecule has 3 rings (SSSR count). The molecular weight excluding hydrogens is 336 g/mol. The highest BCUT2D eigenvalue weighted by Crippen LogP contribution is 2.33. The Morgan fingerprint density at radius 1 is 1.46 bits per heavy atom. The minimum Gasteiger partial charge on any atom is -0.453 e. The van der Waals surface area contributed by atoms with Crippen molar-refractivity contribution in [3.05, 3.63) is 27.9 Å². The summed E-state index contributed by atoms with van der Waals surface area (Å²) in [6.45, 7) is -2.67. The number of carbonyl (C=O) groups is 1. The smallest absolute Gasteiger partial charge is 0.407 e. The van der Waals surface area contributed by atoms with Gasteiger partial charge in [-0.3, -0.25) is 9.13 Å². The molecule has 0 aromatic carbocycles. The number of methoxy groups -OCH3 is 2. The van der Waals surface area contributed by atoms with Crippen molar-refractivity contribution in [2.75, 3.05) is 14.2 Å². The van der Waals surface area contributed by atoms with Crippen LogP contribution < -0.4 is 11.0 Å². The van der Waals surface area contributed by atoms with Crippen LogP contribution in [-0.2, 0) is 16.4 Å². The molecule has 0 spiro atoms. The highest BCUT2D eigenvalue weighted by Gasteiger charge is 2.38. The Morgan fingerprint density at radius 3 is 2.92 bits per heavy atom. The fraction of sp³-hybridized carbons (Fsp3) is 0.533. The third kappa shape index (κ3) is 2.76. The Labute approximate surface area is 147 Å². The molecule has 8 nitrogen and oxygen atoms in total. The summed E-state index contributed by atoms with van der Waals surface area (Å²) in [6, 6.07) is 0.681. The highest BCUT2D eigenvalue weighted by atomic mass is 35.5. The summed E-state index contributed by atoms with van der Waals surface area (Å²) in [5.74, 6) is 0. The van der Waals surface area contributed by atoms with E-state index >= 15 is 0 Å². The van der Waals surface area contributed by atoms with E-state index in [-0.39, 0.29) is 22.8 Å². The van der Waals surface area contributed by atoms with Crippen molar-refractivity contribution < 1.29 is 18.4 Å². The zero-order valence-corrected chi connectivity index (χ0v) is 13.9. The van der Waals surface area contributed by atoms with Crippen molar-refractivity contribution in [2.45, 2.75) is 31.0 Å². The van der Waals surface area contributed by atoms with Gasteiger partial charge in [-0.1, -0.05) is 11.6 Å². The number of carbonyl (C=O) groups excluding carboxylic acids is 1. The van der Waals surface area contributed by atoms with Gasteiger partial charge in [-0.05, 0) is 12.8 Å². The number of halogens is 1. The van der Waals surface area contributed by atoms with E-state index in [0.29, 0.717) is 18.4 Å². The number of hydrogen-bond acceptors (Lipinski definition) is 5. The molecule has 2 aromatic rings. The Kier molecular flexibility index (Phi) is 3.56. The molecular formula is C15H19ClN4O4. The summed E-state index contributed by atoms with van der Waals surface area (Å²) < 4.78 is 35.2.